The molecule has 0 radical (unpaired) electrons. The molecule has 0 aromatic rings. The molecular weight excluding hydrogens is 292 g/mol. The van der Waals surface area contributed by atoms with Gasteiger partial charge in [0.25, 0.3) is 0 Å². The molecule has 2 rings (SSSR count). The van der Waals surface area contributed by atoms with Crippen molar-refractivity contribution in [3.05, 3.63) is 0 Å². The third-order valence-electron chi connectivity index (χ3n) is 4.45. The first-order valence-electron chi connectivity index (χ1n) is 7.18. The van der Waals surface area contributed by atoms with Crippen molar-refractivity contribution in [1.82, 2.24) is 9.80 Å². The van der Waals surface area contributed by atoms with Crippen LogP contribution >= 0.6 is 15.9 Å². The van der Waals surface area contributed by atoms with E-state index in [1.807, 2.05) is 0 Å². The van der Waals surface area contributed by atoms with Gasteiger partial charge in [-0.25, -0.2) is 0 Å². The summed E-state index contributed by atoms with van der Waals surface area (Å²) in [5, 5.41) is 1.12. The Balaban J connectivity index is 1.93. The maximum absolute atomic E-state index is 5.53. The van der Waals surface area contributed by atoms with Crippen LogP contribution in [0.2, 0.25) is 0 Å². The van der Waals surface area contributed by atoms with Crippen LogP contribution in [0, 0.1) is 5.41 Å². The maximum Gasteiger partial charge on any atom is 0.0472 e. The lowest BCUT2D eigenvalue weighted by molar-refractivity contribution is 0.00464. The van der Waals surface area contributed by atoms with Gasteiger partial charge in [0.1, 0.15) is 0 Å². The van der Waals surface area contributed by atoms with Gasteiger partial charge < -0.3 is 9.64 Å². The molecule has 3 nitrogen and oxygen atoms in total. The van der Waals surface area contributed by atoms with E-state index in [1.165, 1.54) is 45.3 Å². The van der Waals surface area contributed by atoms with Crippen molar-refractivity contribution in [3.8, 4) is 0 Å². The molecule has 0 aromatic carbocycles. The van der Waals surface area contributed by atoms with E-state index >= 15 is 0 Å². The third-order valence-corrected chi connectivity index (χ3v) is 5.64. The molecule has 2 saturated heterocycles. The smallest absolute Gasteiger partial charge is 0.0472 e. The number of rotatable bonds is 5. The summed E-state index contributed by atoms with van der Waals surface area (Å²) < 4.78 is 5.53. The number of likely N-dealkylation sites (N-methyl/N-ethyl adjacent to an activating group) is 1. The Kier molecular flexibility index (Phi) is 5.48. The quantitative estimate of drug-likeness (QED) is 0.723. The van der Waals surface area contributed by atoms with E-state index < -0.39 is 0 Å². The molecule has 0 spiro atoms. The van der Waals surface area contributed by atoms with Gasteiger partial charge in [0.05, 0.1) is 0 Å². The van der Waals surface area contributed by atoms with Crippen molar-refractivity contribution in [2.45, 2.75) is 31.7 Å². The van der Waals surface area contributed by atoms with Gasteiger partial charge in [-0.15, -0.1) is 0 Å². The molecule has 18 heavy (non-hydrogen) atoms. The second kappa shape index (κ2) is 6.69. The van der Waals surface area contributed by atoms with Gasteiger partial charge >= 0.3 is 0 Å². The van der Waals surface area contributed by atoms with E-state index in [9.17, 15) is 0 Å². The fourth-order valence-electron chi connectivity index (χ4n) is 3.30. The van der Waals surface area contributed by atoms with E-state index in [1.54, 1.807) is 0 Å². The molecule has 0 N–H and O–H groups in total. The van der Waals surface area contributed by atoms with E-state index in [-0.39, 0.29) is 0 Å². The SMILES string of the molecule is CN(C)CC1CCCN1CC1(CBr)CCOCC1. The molecule has 2 fully saturated rings. The molecule has 4 heteroatoms. The van der Waals surface area contributed by atoms with Gasteiger partial charge in [0, 0.05) is 37.7 Å². The van der Waals surface area contributed by atoms with Crippen LogP contribution in [0.4, 0.5) is 0 Å². The van der Waals surface area contributed by atoms with Crippen LogP contribution in [0.3, 0.4) is 0 Å². The number of likely N-dealkylation sites (tertiary alicyclic amines) is 1. The summed E-state index contributed by atoms with van der Waals surface area (Å²) in [7, 11) is 4.37. The van der Waals surface area contributed by atoms with Gasteiger partial charge in [-0.1, -0.05) is 15.9 Å². The second-order valence-electron chi connectivity index (χ2n) is 6.27. The minimum absolute atomic E-state index is 0.452. The number of ether oxygens (including phenoxy) is 1. The Morgan fingerprint density at radius 3 is 2.67 bits per heavy atom. The van der Waals surface area contributed by atoms with Crippen molar-refractivity contribution in [1.29, 1.82) is 0 Å². The minimum atomic E-state index is 0.452. The zero-order valence-corrected chi connectivity index (χ0v) is 13.4. The van der Waals surface area contributed by atoms with Crippen LogP contribution in [0.25, 0.3) is 0 Å². The molecule has 0 bridgehead atoms. The summed E-state index contributed by atoms with van der Waals surface area (Å²) >= 11 is 3.75. The molecule has 1 atom stereocenters. The van der Waals surface area contributed by atoms with E-state index in [0.717, 1.165) is 24.6 Å². The van der Waals surface area contributed by atoms with Gasteiger partial charge in [-0.2, -0.15) is 0 Å². The van der Waals surface area contributed by atoms with Crippen LogP contribution in [-0.2, 0) is 4.74 Å². The highest BCUT2D eigenvalue weighted by molar-refractivity contribution is 9.09. The summed E-state index contributed by atoms with van der Waals surface area (Å²) in [4.78, 5) is 5.06. The fraction of sp³-hybridized carbons (Fsp3) is 1.00. The van der Waals surface area contributed by atoms with Gasteiger partial charge in [0.15, 0.2) is 0 Å². The standard InChI is InChI=1S/C14H27BrN2O/c1-16(2)10-13-4-3-7-17(13)12-14(11-15)5-8-18-9-6-14/h13H,3-12H2,1-2H3. The molecule has 0 amide bonds. The van der Waals surface area contributed by atoms with Crippen LogP contribution in [-0.4, -0.2) is 68.1 Å². The molecule has 106 valence electrons. The summed E-state index contributed by atoms with van der Waals surface area (Å²) in [6.07, 6.45) is 5.16. The Morgan fingerprint density at radius 1 is 1.33 bits per heavy atom. The van der Waals surface area contributed by atoms with E-state index in [4.69, 9.17) is 4.74 Å². The fourth-order valence-corrected chi connectivity index (χ4v) is 4.04. The number of alkyl halides is 1. The van der Waals surface area contributed by atoms with Crippen LogP contribution in [0.15, 0.2) is 0 Å². The number of nitrogens with zero attached hydrogens (tertiary/aromatic N) is 2. The first-order valence-corrected chi connectivity index (χ1v) is 8.30. The lowest BCUT2D eigenvalue weighted by Gasteiger charge is -2.41. The van der Waals surface area contributed by atoms with Crippen LogP contribution in [0.1, 0.15) is 25.7 Å². The first kappa shape index (κ1) is 14.8. The lowest BCUT2D eigenvalue weighted by Crippen LogP contribution is -2.46. The number of hydrogen-bond donors (Lipinski definition) is 0. The average molecular weight is 319 g/mol. The van der Waals surface area contributed by atoms with Gasteiger partial charge in [0.2, 0.25) is 0 Å². The highest BCUT2D eigenvalue weighted by Gasteiger charge is 2.36. The molecule has 2 aliphatic rings. The molecule has 2 aliphatic heterocycles. The Morgan fingerprint density at radius 2 is 2.06 bits per heavy atom. The van der Waals surface area contributed by atoms with Crippen molar-refractivity contribution in [2.75, 3.05) is 52.3 Å². The molecule has 2 heterocycles. The number of halogens is 1. The van der Waals surface area contributed by atoms with Crippen LogP contribution in [0.5, 0.6) is 0 Å². The molecular formula is C14H27BrN2O. The van der Waals surface area contributed by atoms with Crippen molar-refractivity contribution < 1.29 is 4.74 Å². The highest BCUT2D eigenvalue weighted by Crippen LogP contribution is 2.35. The summed E-state index contributed by atoms with van der Waals surface area (Å²) in [5.41, 5.74) is 0.452. The number of hydrogen-bond acceptors (Lipinski definition) is 3. The average Bonchev–Trinajstić information content (AvgIpc) is 2.77. The zero-order valence-electron chi connectivity index (χ0n) is 11.8. The van der Waals surface area contributed by atoms with Crippen molar-refractivity contribution in [2.24, 2.45) is 5.41 Å². The van der Waals surface area contributed by atoms with Crippen molar-refractivity contribution in [3.63, 3.8) is 0 Å². The predicted octanol–water partition coefficient (Wildman–Crippen LogP) is 2.20. The Labute approximate surface area is 120 Å². The molecule has 1 unspecified atom stereocenters. The predicted molar refractivity (Wildman–Crippen MR) is 79.4 cm³/mol. The van der Waals surface area contributed by atoms with E-state index in [2.05, 4.69) is 39.8 Å². The normalized spacial score (nSPS) is 29.0. The largest absolute Gasteiger partial charge is 0.381 e. The van der Waals surface area contributed by atoms with Crippen LogP contribution < -0.4 is 0 Å². The first-order chi connectivity index (χ1) is 8.65. The lowest BCUT2D eigenvalue weighted by atomic mass is 9.81. The minimum Gasteiger partial charge on any atom is -0.381 e. The summed E-state index contributed by atoms with van der Waals surface area (Å²) in [6.45, 7) is 5.62. The highest BCUT2D eigenvalue weighted by atomic mass is 79.9. The van der Waals surface area contributed by atoms with Gasteiger partial charge in [-0.05, 0) is 51.7 Å². The Hall–Kier alpha value is 0.360. The third kappa shape index (κ3) is 3.69. The van der Waals surface area contributed by atoms with E-state index in [0.29, 0.717) is 5.41 Å². The molecule has 0 aliphatic carbocycles. The molecule has 0 aromatic heterocycles. The monoisotopic (exact) mass is 318 g/mol. The zero-order chi connectivity index (χ0) is 13.0. The molecule has 0 saturated carbocycles. The second-order valence-corrected chi connectivity index (χ2v) is 6.84. The topological polar surface area (TPSA) is 15.7 Å². The van der Waals surface area contributed by atoms with Gasteiger partial charge in [-0.3, -0.25) is 4.90 Å². The summed E-state index contributed by atoms with van der Waals surface area (Å²) in [6, 6.07) is 0.763. The summed E-state index contributed by atoms with van der Waals surface area (Å²) in [5.74, 6) is 0. The maximum atomic E-state index is 5.53. The van der Waals surface area contributed by atoms with Crippen molar-refractivity contribution >= 4 is 15.9 Å². The Bertz CT molecular complexity index is 254.